The van der Waals surface area contributed by atoms with E-state index in [2.05, 4.69) is 10.1 Å². The number of rotatable bonds is 4. The zero-order chi connectivity index (χ0) is 18.4. The molecular weight excluding hydrogens is 338 g/mol. The van der Waals surface area contributed by atoms with E-state index in [1.807, 2.05) is 6.20 Å². The molecule has 1 aliphatic rings. The van der Waals surface area contributed by atoms with Crippen molar-refractivity contribution >= 4 is 11.9 Å². The number of aryl methyl sites for hydroxylation is 2. The van der Waals surface area contributed by atoms with E-state index in [0.29, 0.717) is 24.3 Å². The molecule has 0 aromatic carbocycles. The molecule has 0 saturated carbocycles. The van der Waals surface area contributed by atoms with Crippen molar-refractivity contribution in [1.29, 1.82) is 0 Å². The molecule has 0 amide bonds. The summed E-state index contributed by atoms with van der Waals surface area (Å²) in [5.41, 5.74) is 3.95. The monoisotopic (exact) mass is 353 g/mol. The number of carboxylic acids is 2. The first-order valence-electron chi connectivity index (χ1n) is 8.04. The summed E-state index contributed by atoms with van der Waals surface area (Å²) in [5.74, 6) is -1.53. The number of fused-ring (bicyclic) bond motifs is 3. The van der Waals surface area contributed by atoms with E-state index < -0.39 is 11.9 Å². The zero-order valence-corrected chi connectivity index (χ0v) is 13.9. The number of carboxylic acid groups (broad SMARTS) is 2. The molecule has 0 aliphatic heterocycles. The van der Waals surface area contributed by atoms with Crippen LogP contribution in [-0.4, -0.2) is 36.9 Å². The molecule has 3 aromatic rings. The number of hydrogen-bond acceptors (Lipinski definition) is 5. The number of aromatic nitrogens is 3. The first-order chi connectivity index (χ1) is 12.4. The molecule has 8 nitrogen and oxygen atoms in total. The SMILES string of the molecule is Cc1c(C(=O)O)oc2c1-c1nn(Cc3ccc(C(=O)O)nc3)cc1CC2. The van der Waals surface area contributed by atoms with Gasteiger partial charge in [0.1, 0.15) is 11.5 Å². The molecule has 132 valence electrons. The maximum absolute atomic E-state index is 11.3. The minimum Gasteiger partial charge on any atom is -0.477 e. The van der Waals surface area contributed by atoms with Gasteiger partial charge in [0.25, 0.3) is 0 Å². The highest BCUT2D eigenvalue weighted by Crippen LogP contribution is 2.38. The first-order valence-corrected chi connectivity index (χ1v) is 8.04. The van der Waals surface area contributed by atoms with Crippen molar-refractivity contribution in [2.24, 2.45) is 0 Å². The van der Waals surface area contributed by atoms with Gasteiger partial charge >= 0.3 is 11.9 Å². The third kappa shape index (κ3) is 2.55. The molecule has 0 spiro atoms. The van der Waals surface area contributed by atoms with Crippen molar-refractivity contribution in [2.45, 2.75) is 26.3 Å². The number of carbonyl (C=O) groups is 2. The van der Waals surface area contributed by atoms with Gasteiger partial charge in [-0.05, 0) is 30.5 Å². The summed E-state index contributed by atoms with van der Waals surface area (Å²) in [6.45, 7) is 2.17. The summed E-state index contributed by atoms with van der Waals surface area (Å²) in [5, 5.41) is 22.8. The minimum atomic E-state index is -1.08. The van der Waals surface area contributed by atoms with E-state index in [9.17, 15) is 14.7 Å². The third-order valence-electron chi connectivity index (χ3n) is 4.50. The van der Waals surface area contributed by atoms with Gasteiger partial charge in [0.05, 0.1) is 12.2 Å². The molecule has 2 N–H and O–H groups in total. The summed E-state index contributed by atoms with van der Waals surface area (Å²) >= 11 is 0. The number of hydrogen-bond donors (Lipinski definition) is 2. The molecule has 26 heavy (non-hydrogen) atoms. The average Bonchev–Trinajstić information content (AvgIpc) is 3.15. The predicted octanol–water partition coefficient (Wildman–Crippen LogP) is 2.39. The maximum atomic E-state index is 11.3. The van der Waals surface area contributed by atoms with Crippen LogP contribution in [0.15, 0.2) is 28.9 Å². The zero-order valence-electron chi connectivity index (χ0n) is 13.9. The van der Waals surface area contributed by atoms with Gasteiger partial charge in [0.2, 0.25) is 5.76 Å². The molecule has 0 fully saturated rings. The van der Waals surface area contributed by atoms with Crippen LogP contribution in [0, 0.1) is 6.92 Å². The smallest absolute Gasteiger partial charge is 0.372 e. The molecule has 0 unspecified atom stereocenters. The van der Waals surface area contributed by atoms with Crippen molar-refractivity contribution in [1.82, 2.24) is 14.8 Å². The fourth-order valence-electron chi connectivity index (χ4n) is 3.28. The van der Waals surface area contributed by atoms with Crippen molar-refractivity contribution in [3.05, 3.63) is 58.4 Å². The second kappa shape index (κ2) is 5.83. The lowest BCUT2D eigenvalue weighted by Gasteiger charge is -2.09. The molecule has 1 aliphatic carbocycles. The number of pyridine rings is 1. The average molecular weight is 353 g/mol. The van der Waals surface area contributed by atoms with Crippen LogP contribution >= 0.6 is 0 Å². The van der Waals surface area contributed by atoms with Crippen LogP contribution < -0.4 is 0 Å². The van der Waals surface area contributed by atoms with Crippen LogP contribution in [-0.2, 0) is 19.4 Å². The van der Waals surface area contributed by atoms with Gasteiger partial charge in [-0.2, -0.15) is 5.10 Å². The second-order valence-corrected chi connectivity index (χ2v) is 6.22. The minimum absolute atomic E-state index is 0.00614. The van der Waals surface area contributed by atoms with E-state index in [0.717, 1.165) is 28.8 Å². The maximum Gasteiger partial charge on any atom is 0.372 e. The molecule has 0 bridgehead atoms. The Morgan fingerprint density at radius 3 is 2.69 bits per heavy atom. The highest BCUT2D eigenvalue weighted by atomic mass is 16.4. The molecule has 3 heterocycles. The Kier molecular flexibility index (Phi) is 3.61. The summed E-state index contributed by atoms with van der Waals surface area (Å²) in [7, 11) is 0. The normalized spacial score (nSPS) is 12.5. The largest absolute Gasteiger partial charge is 0.477 e. The van der Waals surface area contributed by atoms with Crippen LogP contribution in [0.5, 0.6) is 0 Å². The lowest BCUT2D eigenvalue weighted by Crippen LogP contribution is -2.04. The topological polar surface area (TPSA) is 118 Å². The number of nitrogens with zero attached hydrogens (tertiary/aromatic N) is 3. The van der Waals surface area contributed by atoms with Crippen LogP contribution in [0.25, 0.3) is 11.3 Å². The molecule has 0 radical (unpaired) electrons. The Morgan fingerprint density at radius 2 is 2.04 bits per heavy atom. The Balaban J connectivity index is 1.67. The van der Waals surface area contributed by atoms with E-state index in [1.165, 1.54) is 12.3 Å². The van der Waals surface area contributed by atoms with Gasteiger partial charge in [-0.25, -0.2) is 14.6 Å². The first kappa shape index (κ1) is 16.1. The van der Waals surface area contributed by atoms with E-state index in [-0.39, 0.29) is 11.5 Å². The second-order valence-electron chi connectivity index (χ2n) is 6.22. The van der Waals surface area contributed by atoms with Crippen LogP contribution in [0.3, 0.4) is 0 Å². The van der Waals surface area contributed by atoms with Gasteiger partial charge in [-0.3, -0.25) is 4.68 Å². The van der Waals surface area contributed by atoms with E-state index in [1.54, 1.807) is 17.7 Å². The summed E-state index contributed by atoms with van der Waals surface area (Å²) in [4.78, 5) is 26.1. The molecule has 3 aromatic heterocycles. The third-order valence-corrected chi connectivity index (χ3v) is 4.50. The van der Waals surface area contributed by atoms with Crippen LogP contribution in [0.2, 0.25) is 0 Å². The van der Waals surface area contributed by atoms with Gasteiger partial charge < -0.3 is 14.6 Å². The summed E-state index contributed by atoms with van der Waals surface area (Å²) < 4.78 is 7.26. The number of furan rings is 1. The Morgan fingerprint density at radius 1 is 1.23 bits per heavy atom. The standard InChI is InChI=1S/C18H15N3O5/c1-9-14-13(26-16(9)18(24)25)5-3-11-8-21(20-15(11)14)7-10-2-4-12(17(22)23)19-6-10/h2,4,6,8H,3,5,7H2,1H3,(H,22,23)(H,24,25). The Bertz CT molecular complexity index is 1030. The summed E-state index contributed by atoms with van der Waals surface area (Å²) in [6.07, 6.45) is 4.80. The van der Waals surface area contributed by atoms with Gasteiger partial charge in [-0.1, -0.05) is 6.07 Å². The quantitative estimate of drug-likeness (QED) is 0.739. The van der Waals surface area contributed by atoms with E-state index in [4.69, 9.17) is 9.52 Å². The number of aromatic carboxylic acids is 2. The molecule has 4 rings (SSSR count). The van der Waals surface area contributed by atoms with Crippen molar-refractivity contribution in [3.63, 3.8) is 0 Å². The molecule has 0 saturated heterocycles. The molecule has 8 heteroatoms. The van der Waals surface area contributed by atoms with E-state index >= 15 is 0 Å². The van der Waals surface area contributed by atoms with Crippen LogP contribution in [0.4, 0.5) is 0 Å². The van der Waals surface area contributed by atoms with Gasteiger partial charge in [0, 0.05) is 29.9 Å². The lowest BCUT2D eigenvalue weighted by atomic mass is 9.94. The van der Waals surface area contributed by atoms with Gasteiger partial charge in [0.15, 0.2) is 0 Å². The summed E-state index contributed by atoms with van der Waals surface area (Å²) in [6, 6.07) is 3.16. The highest BCUT2D eigenvalue weighted by molar-refractivity contribution is 5.90. The van der Waals surface area contributed by atoms with Crippen molar-refractivity contribution in [2.75, 3.05) is 0 Å². The van der Waals surface area contributed by atoms with Gasteiger partial charge in [-0.15, -0.1) is 0 Å². The fraction of sp³-hybridized carbons (Fsp3) is 0.222. The van der Waals surface area contributed by atoms with Crippen molar-refractivity contribution < 1.29 is 24.2 Å². The predicted molar refractivity (Wildman–Crippen MR) is 89.3 cm³/mol. The van der Waals surface area contributed by atoms with Crippen molar-refractivity contribution in [3.8, 4) is 11.3 Å². The molecular formula is C18H15N3O5. The Hall–Kier alpha value is -3.42. The fourth-order valence-corrected chi connectivity index (χ4v) is 3.28. The lowest BCUT2D eigenvalue weighted by molar-refractivity contribution is 0.0656. The van der Waals surface area contributed by atoms with Crippen LogP contribution in [0.1, 0.15) is 43.5 Å². The highest BCUT2D eigenvalue weighted by Gasteiger charge is 2.29. The Labute approximate surface area is 147 Å². The molecule has 0 atom stereocenters.